The highest BCUT2D eigenvalue weighted by Gasteiger charge is 2.45. The summed E-state index contributed by atoms with van der Waals surface area (Å²) in [4.78, 5) is 121. The molecular formula is C47H65N11O9S. The molecule has 1 unspecified atom stereocenters. The Morgan fingerprint density at radius 3 is 2.21 bits per heavy atom. The number of urea groups is 1. The van der Waals surface area contributed by atoms with Crippen molar-refractivity contribution in [1.82, 2.24) is 51.7 Å². The molecule has 20 nitrogen and oxygen atoms in total. The van der Waals surface area contributed by atoms with Crippen LogP contribution in [0.25, 0.3) is 0 Å². The molecule has 3 heterocycles. The Labute approximate surface area is 400 Å². The maximum Gasteiger partial charge on any atom is 0.321 e. The van der Waals surface area contributed by atoms with Crippen LogP contribution in [0, 0.1) is 17.3 Å². The van der Waals surface area contributed by atoms with E-state index in [0.717, 1.165) is 19.3 Å². The normalized spacial score (nSPS) is 18.4. The first kappa shape index (κ1) is 52.5. The molecule has 68 heavy (non-hydrogen) atoms. The summed E-state index contributed by atoms with van der Waals surface area (Å²) in [6, 6.07) is 6.26. The number of para-hydroxylation sites is 1. The fourth-order valence-electron chi connectivity index (χ4n) is 8.32. The molecule has 1 aliphatic heterocycles. The summed E-state index contributed by atoms with van der Waals surface area (Å²) in [6.07, 6.45) is 6.96. The van der Waals surface area contributed by atoms with Crippen LogP contribution in [0.5, 0.6) is 0 Å². The Morgan fingerprint density at radius 1 is 0.868 bits per heavy atom. The molecule has 21 heteroatoms. The van der Waals surface area contributed by atoms with Crippen LogP contribution in [0.15, 0.2) is 66.4 Å². The van der Waals surface area contributed by atoms with Crippen molar-refractivity contribution >= 4 is 64.4 Å². The standard InChI is InChI=1S/C47H65N11O9S/c1-7-15-31(38(60)43(64)50-25-35(59)54-37(45(66)57(5)6)34-20-14-23-68-34)52-40(61)30-26-58(46(67)51-29-18-12-9-13-19-29)27-33(30)53-44(65)39(47(2,3)4)56-42(63)36(28-16-10-8-11-17-28)55-41(62)32-24-48-21-22-49-32/h9,12-14,18-24,28,30-31,33,36-39,60H,7-8,10-11,15-17,25-27H2,1-6H3,(H,50,64)(H,51,67)(H,52,61)(H,53,65)(H,54,59)(H,55,62)(H,56,63)/t30-,31+,33+,36+,37+,38?,39-/m1/s1. The Kier molecular flexibility index (Phi) is 18.9. The molecule has 3 aromatic rings. The monoisotopic (exact) mass is 959 g/mol. The molecule has 7 atom stereocenters. The Balaban J connectivity index is 1.31. The number of aliphatic hydroxyl groups is 1. The highest BCUT2D eigenvalue weighted by molar-refractivity contribution is 7.10. The van der Waals surface area contributed by atoms with E-state index in [1.165, 1.54) is 39.7 Å². The number of carbonyl (C=O) groups excluding carboxylic acids is 8. The third-order valence-corrected chi connectivity index (χ3v) is 13.0. The number of benzene rings is 1. The van der Waals surface area contributed by atoms with E-state index in [1.54, 1.807) is 89.6 Å². The van der Waals surface area contributed by atoms with Gasteiger partial charge in [0.2, 0.25) is 29.5 Å². The molecule has 8 N–H and O–H groups in total. The van der Waals surface area contributed by atoms with E-state index in [-0.39, 0.29) is 37.0 Å². The van der Waals surface area contributed by atoms with Gasteiger partial charge in [0.25, 0.3) is 11.8 Å². The SMILES string of the molecule is CCC[C@H](NC(=O)[C@@H]1CN(C(=O)Nc2ccccc2)C[C@@H]1NC(=O)[C@@H](NC(=O)[C@@H](NC(=O)c1cnccn1)C1CCCCC1)C(C)(C)C)C(O)C(=O)NCC(=O)N[C@H](C(=O)N(C)C)c1cccs1. The number of anilines is 1. The van der Waals surface area contributed by atoms with Gasteiger partial charge in [0.05, 0.1) is 30.7 Å². The highest BCUT2D eigenvalue weighted by Crippen LogP contribution is 2.29. The molecule has 0 radical (unpaired) electrons. The fourth-order valence-corrected chi connectivity index (χ4v) is 9.09. The van der Waals surface area contributed by atoms with Crippen molar-refractivity contribution < 1.29 is 43.5 Å². The van der Waals surface area contributed by atoms with Crippen LogP contribution in [0.2, 0.25) is 0 Å². The molecule has 2 aliphatic rings. The van der Waals surface area contributed by atoms with Crippen LogP contribution in [-0.2, 0) is 28.8 Å². The van der Waals surface area contributed by atoms with Crippen LogP contribution >= 0.6 is 11.3 Å². The minimum atomic E-state index is -1.82. The van der Waals surface area contributed by atoms with E-state index in [4.69, 9.17) is 0 Å². The number of hydrogen-bond donors (Lipinski definition) is 8. The van der Waals surface area contributed by atoms with Gasteiger partial charge in [-0.1, -0.05) is 77.6 Å². The number of thiophene rings is 1. The van der Waals surface area contributed by atoms with Gasteiger partial charge >= 0.3 is 6.03 Å². The van der Waals surface area contributed by atoms with Gasteiger partial charge in [-0.05, 0) is 54.2 Å². The number of carbonyl (C=O) groups is 8. The molecule has 2 fully saturated rings. The zero-order chi connectivity index (χ0) is 49.5. The number of hydrogen-bond acceptors (Lipinski definition) is 12. The lowest BCUT2D eigenvalue weighted by atomic mass is 9.82. The van der Waals surface area contributed by atoms with Crippen LogP contribution < -0.4 is 37.2 Å². The van der Waals surface area contributed by atoms with Gasteiger partial charge in [-0.15, -0.1) is 11.3 Å². The average molecular weight is 960 g/mol. The second-order valence-corrected chi connectivity index (χ2v) is 19.5. The average Bonchev–Trinajstić information content (AvgIpc) is 4.02. The lowest BCUT2D eigenvalue weighted by Gasteiger charge is -2.35. The van der Waals surface area contributed by atoms with Crippen molar-refractivity contribution in [2.75, 3.05) is 39.0 Å². The number of likely N-dealkylation sites (N-methyl/N-ethyl adjacent to an activating group) is 1. The molecule has 5 rings (SSSR count). The number of aliphatic hydroxyl groups excluding tert-OH is 1. The second kappa shape index (κ2) is 24.5. The van der Waals surface area contributed by atoms with Crippen molar-refractivity contribution in [2.45, 2.75) is 109 Å². The first-order chi connectivity index (χ1) is 32.4. The summed E-state index contributed by atoms with van der Waals surface area (Å²) in [7, 11) is 3.11. The highest BCUT2D eigenvalue weighted by atomic mass is 32.1. The maximum absolute atomic E-state index is 14.5. The first-order valence-electron chi connectivity index (χ1n) is 23.0. The van der Waals surface area contributed by atoms with Crippen molar-refractivity contribution in [2.24, 2.45) is 17.3 Å². The summed E-state index contributed by atoms with van der Waals surface area (Å²) in [5.41, 5.74) is -0.357. The van der Waals surface area contributed by atoms with Crippen LogP contribution in [0.3, 0.4) is 0 Å². The third kappa shape index (κ3) is 14.5. The number of amides is 9. The smallest absolute Gasteiger partial charge is 0.321 e. The molecule has 9 amide bonds. The molecule has 1 aromatic carbocycles. The predicted octanol–water partition coefficient (Wildman–Crippen LogP) is 2.10. The molecule has 0 bridgehead atoms. The fraction of sp³-hybridized carbons (Fsp3) is 0.532. The van der Waals surface area contributed by atoms with E-state index >= 15 is 0 Å². The van der Waals surface area contributed by atoms with Gasteiger partial charge < -0.3 is 52.1 Å². The number of rotatable bonds is 19. The molecular weight excluding hydrogens is 895 g/mol. The maximum atomic E-state index is 14.5. The largest absolute Gasteiger partial charge is 0.381 e. The first-order valence-corrected chi connectivity index (χ1v) is 23.8. The van der Waals surface area contributed by atoms with Gasteiger partial charge in [-0.2, -0.15) is 0 Å². The minimum Gasteiger partial charge on any atom is -0.381 e. The lowest BCUT2D eigenvalue weighted by Crippen LogP contribution is -2.61. The molecule has 1 saturated carbocycles. The van der Waals surface area contributed by atoms with Crippen molar-refractivity contribution in [3.8, 4) is 0 Å². The molecule has 1 saturated heterocycles. The van der Waals surface area contributed by atoms with Gasteiger partial charge in [0.15, 0.2) is 6.10 Å². The van der Waals surface area contributed by atoms with Crippen molar-refractivity contribution in [3.63, 3.8) is 0 Å². The quantitative estimate of drug-likeness (QED) is 0.0862. The summed E-state index contributed by atoms with van der Waals surface area (Å²) in [5.74, 6) is -5.78. The predicted molar refractivity (Wildman–Crippen MR) is 253 cm³/mol. The summed E-state index contributed by atoms with van der Waals surface area (Å²) in [6.45, 7) is 6.22. The summed E-state index contributed by atoms with van der Waals surface area (Å²) in [5, 5.41) is 32.3. The molecule has 2 aromatic heterocycles. The Bertz CT molecular complexity index is 2200. The molecule has 0 spiro atoms. The topological polar surface area (TPSA) is 273 Å². The second-order valence-electron chi connectivity index (χ2n) is 18.5. The van der Waals surface area contributed by atoms with Gasteiger partial charge in [0, 0.05) is 50.1 Å². The third-order valence-electron chi connectivity index (χ3n) is 12.0. The van der Waals surface area contributed by atoms with Crippen LogP contribution in [-0.4, -0.2) is 136 Å². The summed E-state index contributed by atoms with van der Waals surface area (Å²) < 4.78 is 0. The van der Waals surface area contributed by atoms with Crippen molar-refractivity contribution in [1.29, 1.82) is 0 Å². The van der Waals surface area contributed by atoms with Crippen molar-refractivity contribution in [3.05, 3.63) is 77.0 Å². The number of nitrogens with zero attached hydrogens (tertiary/aromatic N) is 4. The van der Waals surface area contributed by atoms with Crippen LogP contribution in [0.4, 0.5) is 10.5 Å². The van der Waals surface area contributed by atoms with E-state index in [2.05, 4.69) is 47.2 Å². The van der Waals surface area contributed by atoms with Gasteiger partial charge in [0.1, 0.15) is 23.8 Å². The van der Waals surface area contributed by atoms with E-state index in [0.29, 0.717) is 29.8 Å². The summed E-state index contributed by atoms with van der Waals surface area (Å²) >= 11 is 1.28. The van der Waals surface area contributed by atoms with E-state index < -0.39 is 95.7 Å². The van der Waals surface area contributed by atoms with Crippen LogP contribution in [0.1, 0.15) is 94.0 Å². The number of likely N-dealkylation sites (tertiary alicyclic amines) is 1. The van der Waals surface area contributed by atoms with Gasteiger partial charge in [-0.25, -0.2) is 9.78 Å². The van der Waals surface area contributed by atoms with E-state index in [1.807, 2.05) is 0 Å². The van der Waals surface area contributed by atoms with Gasteiger partial charge in [-0.3, -0.25) is 38.5 Å². The number of nitrogens with one attached hydrogen (secondary N) is 7. The number of aromatic nitrogens is 2. The Hall–Kier alpha value is -6.48. The molecule has 1 aliphatic carbocycles. The zero-order valence-electron chi connectivity index (χ0n) is 39.5. The Morgan fingerprint density at radius 2 is 1.59 bits per heavy atom. The van der Waals surface area contributed by atoms with E-state index in [9.17, 15) is 43.5 Å². The molecule has 368 valence electrons. The zero-order valence-corrected chi connectivity index (χ0v) is 40.3. The lowest BCUT2D eigenvalue weighted by molar-refractivity contribution is -0.136. The minimum absolute atomic E-state index is 0.0346.